The van der Waals surface area contributed by atoms with Crippen LogP contribution < -0.4 is 20.3 Å². The van der Waals surface area contributed by atoms with Crippen LogP contribution in [0.4, 0.5) is 11.8 Å². The molecule has 158 valence electrons. The number of nitrogens with zero attached hydrogens (tertiary/aromatic N) is 3. The van der Waals surface area contributed by atoms with Crippen molar-refractivity contribution in [2.24, 2.45) is 0 Å². The number of nitrogens with one attached hydrogen (secondary N) is 2. The average Bonchev–Trinajstić information content (AvgIpc) is 2.78. The van der Waals surface area contributed by atoms with Gasteiger partial charge in [0.25, 0.3) is 0 Å². The maximum absolute atomic E-state index is 5.64. The number of fused-ring (bicyclic) bond motifs is 1. The predicted octanol–water partition coefficient (Wildman–Crippen LogP) is 4.22. The van der Waals surface area contributed by atoms with Crippen LogP contribution in [-0.2, 0) is 6.54 Å². The minimum atomic E-state index is 0.424. The van der Waals surface area contributed by atoms with E-state index >= 15 is 0 Å². The van der Waals surface area contributed by atoms with E-state index in [9.17, 15) is 0 Å². The molecule has 0 unspecified atom stereocenters. The molecule has 6 heteroatoms. The van der Waals surface area contributed by atoms with Crippen molar-refractivity contribution in [3.05, 3.63) is 54.2 Å². The van der Waals surface area contributed by atoms with Crippen LogP contribution >= 0.6 is 0 Å². The first-order chi connectivity index (χ1) is 14.6. The van der Waals surface area contributed by atoms with Crippen LogP contribution in [0.25, 0.3) is 10.8 Å². The van der Waals surface area contributed by atoms with Crippen molar-refractivity contribution in [3.63, 3.8) is 0 Å². The zero-order chi connectivity index (χ0) is 20.9. The Kier molecular flexibility index (Phi) is 6.33. The maximum atomic E-state index is 5.64. The fraction of sp³-hybridized carbons (Fsp3) is 0.417. The van der Waals surface area contributed by atoms with Crippen LogP contribution in [0.1, 0.15) is 31.2 Å². The lowest BCUT2D eigenvalue weighted by Gasteiger charge is -2.30. The number of aromatic nitrogens is 2. The van der Waals surface area contributed by atoms with Crippen molar-refractivity contribution in [1.29, 1.82) is 0 Å². The lowest BCUT2D eigenvalue weighted by atomic mass is 9.91. The van der Waals surface area contributed by atoms with Crippen molar-refractivity contribution in [3.8, 4) is 5.75 Å². The van der Waals surface area contributed by atoms with Gasteiger partial charge in [-0.3, -0.25) is 0 Å². The van der Waals surface area contributed by atoms with E-state index in [-0.39, 0.29) is 0 Å². The Bertz CT molecular complexity index is 982. The van der Waals surface area contributed by atoms with E-state index < -0.39 is 0 Å². The summed E-state index contributed by atoms with van der Waals surface area (Å²) >= 11 is 0. The van der Waals surface area contributed by atoms with Crippen molar-refractivity contribution in [2.45, 2.75) is 44.3 Å². The van der Waals surface area contributed by atoms with Gasteiger partial charge in [-0.05, 0) is 48.6 Å². The molecule has 1 heterocycles. The molecule has 1 aromatic heterocycles. The molecule has 1 aliphatic carbocycles. The van der Waals surface area contributed by atoms with Crippen LogP contribution in [0.3, 0.4) is 0 Å². The Morgan fingerprint density at radius 1 is 1.00 bits per heavy atom. The molecule has 0 spiro atoms. The summed E-state index contributed by atoms with van der Waals surface area (Å²) in [6.07, 6.45) is 6.31. The van der Waals surface area contributed by atoms with Gasteiger partial charge in [-0.15, -0.1) is 0 Å². The summed E-state index contributed by atoms with van der Waals surface area (Å²) in [5.74, 6) is 2.60. The molecular formula is C24H31N5O. The summed E-state index contributed by atoms with van der Waals surface area (Å²) in [5, 5.41) is 9.80. The van der Waals surface area contributed by atoms with Gasteiger partial charge in [0, 0.05) is 44.5 Å². The quantitative estimate of drug-likeness (QED) is 0.614. The van der Waals surface area contributed by atoms with Crippen LogP contribution in [0, 0.1) is 0 Å². The lowest BCUT2D eigenvalue weighted by molar-refractivity contribution is 0.348. The second kappa shape index (κ2) is 9.30. The highest BCUT2D eigenvalue weighted by atomic mass is 16.5. The van der Waals surface area contributed by atoms with Crippen LogP contribution in [0.5, 0.6) is 5.75 Å². The Morgan fingerprint density at radius 2 is 1.77 bits per heavy atom. The minimum absolute atomic E-state index is 0.424. The van der Waals surface area contributed by atoms with E-state index in [1.807, 2.05) is 31.3 Å². The number of hydrogen-bond donors (Lipinski definition) is 2. The van der Waals surface area contributed by atoms with Gasteiger partial charge < -0.3 is 20.3 Å². The summed E-state index contributed by atoms with van der Waals surface area (Å²) in [6.45, 7) is 0.821. The standard InChI is InChI=1S/C24H31N5O/c1-29(2)23-14-15-25-24(28-23)27-19-11-9-18(10-12-19)26-16-21-20-7-5-4-6-17(20)8-13-22(21)30-3/h4-8,13-15,18-19,26H,9-12,16H2,1-3H3,(H,25,27,28)/t18-,19+. The van der Waals surface area contributed by atoms with Crippen molar-refractivity contribution in [1.82, 2.24) is 15.3 Å². The van der Waals surface area contributed by atoms with E-state index in [0.717, 1.165) is 49.7 Å². The average molecular weight is 406 g/mol. The Labute approximate surface area is 178 Å². The first-order valence-electron chi connectivity index (χ1n) is 10.7. The van der Waals surface area contributed by atoms with E-state index in [1.165, 1.54) is 16.3 Å². The highest BCUT2D eigenvalue weighted by Gasteiger charge is 2.22. The fourth-order valence-electron chi connectivity index (χ4n) is 4.23. The lowest BCUT2D eigenvalue weighted by Crippen LogP contribution is -2.37. The van der Waals surface area contributed by atoms with Gasteiger partial charge in [-0.25, -0.2) is 4.98 Å². The van der Waals surface area contributed by atoms with Gasteiger partial charge >= 0.3 is 0 Å². The maximum Gasteiger partial charge on any atom is 0.224 e. The van der Waals surface area contributed by atoms with Gasteiger partial charge in [0.1, 0.15) is 11.6 Å². The highest BCUT2D eigenvalue weighted by Crippen LogP contribution is 2.29. The molecule has 4 rings (SSSR count). The van der Waals surface area contributed by atoms with Gasteiger partial charge in [0.05, 0.1) is 7.11 Å². The second-order valence-corrected chi connectivity index (χ2v) is 8.17. The zero-order valence-electron chi connectivity index (χ0n) is 18.1. The molecule has 1 saturated carbocycles. The van der Waals surface area contributed by atoms with Crippen LogP contribution in [0.15, 0.2) is 48.7 Å². The monoisotopic (exact) mass is 405 g/mol. The number of methoxy groups -OCH3 is 1. The van der Waals surface area contributed by atoms with E-state index in [4.69, 9.17) is 4.74 Å². The second-order valence-electron chi connectivity index (χ2n) is 8.17. The van der Waals surface area contributed by atoms with E-state index in [1.54, 1.807) is 7.11 Å². The van der Waals surface area contributed by atoms with E-state index in [2.05, 4.69) is 57.0 Å². The largest absolute Gasteiger partial charge is 0.496 e. The van der Waals surface area contributed by atoms with Crippen LogP contribution in [0.2, 0.25) is 0 Å². The van der Waals surface area contributed by atoms with Crippen molar-refractivity contribution in [2.75, 3.05) is 31.4 Å². The number of ether oxygens (including phenoxy) is 1. The van der Waals surface area contributed by atoms with Gasteiger partial charge in [0.15, 0.2) is 0 Å². The number of benzene rings is 2. The number of anilines is 2. The first-order valence-corrected chi connectivity index (χ1v) is 10.7. The third-order valence-corrected chi connectivity index (χ3v) is 5.94. The molecule has 2 N–H and O–H groups in total. The SMILES string of the molecule is COc1ccc2ccccc2c1CN[C@H]1CC[C@@H](Nc2nccc(N(C)C)n2)CC1. The Morgan fingerprint density at radius 3 is 2.53 bits per heavy atom. The molecule has 0 amide bonds. The summed E-state index contributed by atoms with van der Waals surface area (Å²) in [7, 11) is 5.74. The third-order valence-electron chi connectivity index (χ3n) is 5.94. The molecule has 6 nitrogen and oxygen atoms in total. The molecule has 0 saturated heterocycles. The molecule has 30 heavy (non-hydrogen) atoms. The van der Waals surface area contributed by atoms with Gasteiger partial charge in [0.2, 0.25) is 5.95 Å². The molecule has 0 bridgehead atoms. The summed E-state index contributed by atoms with van der Waals surface area (Å²) in [5.41, 5.74) is 1.24. The third kappa shape index (κ3) is 4.65. The Balaban J connectivity index is 1.34. The molecule has 2 aromatic carbocycles. The predicted molar refractivity (Wildman–Crippen MR) is 123 cm³/mol. The minimum Gasteiger partial charge on any atom is -0.496 e. The highest BCUT2D eigenvalue weighted by molar-refractivity contribution is 5.87. The van der Waals surface area contributed by atoms with Crippen molar-refractivity contribution >= 4 is 22.5 Å². The Hall–Kier alpha value is -2.86. The molecular weight excluding hydrogens is 374 g/mol. The van der Waals surface area contributed by atoms with Gasteiger partial charge in [-0.1, -0.05) is 30.3 Å². The van der Waals surface area contributed by atoms with Crippen LogP contribution in [-0.4, -0.2) is 43.3 Å². The summed E-state index contributed by atoms with van der Waals surface area (Å²) in [4.78, 5) is 11.0. The fourth-order valence-corrected chi connectivity index (χ4v) is 4.23. The topological polar surface area (TPSA) is 62.3 Å². The molecule has 1 aliphatic rings. The van der Waals surface area contributed by atoms with Crippen molar-refractivity contribution < 1.29 is 4.74 Å². The molecule has 0 atom stereocenters. The molecule has 0 radical (unpaired) electrons. The van der Waals surface area contributed by atoms with E-state index in [0.29, 0.717) is 12.1 Å². The molecule has 3 aromatic rings. The zero-order valence-corrected chi connectivity index (χ0v) is 18.1. The number of rotatable bonds is 7. The smallest absolute Gasteiger partial charge is 0.224 e. The normalized spacial score (nSPS) is 18.9. The molecule has 1 fully saturated rings. The number of hydrogen-bond acceptors (Lipinski definition) is 6. The van der Waals surface area contributed by atoms with Gasteiger partial charge in [-0.2, -0.15) is 4.98 Å². The summed E-state index contributed by atoms with van der Waals surface area (Å²) in [6, 6.07) is 15.6. The molecule has 0 aliphatic heterocycles. The first kappa shape index (κ1) is 20.4. The summed E-state index contributed by atoms with van der Waals surface area (Å²) < 4.78 is 5.64.